The first-order chi connectivity index (χ1) is 13.3. The molecule has 2 fully saturated rings. The minimum absolute atomic E-state index is 0.719. The largest absolute Gasteiger partial charge is 0.354 e. The van der Waals surface area contributed by atoms with Gasteiger partial charge in [-0.05, 0) is 43.0 Å². The molecule has 140 valence electrons. The highest BCUT2D eigenvalue weighted by Gasteiger charge is 2.20. The molecule has 2 aliphatic heterocycles. The van der Waals surface area contributed by atoms with Gasteiger partial charge in [0, 0.05) is 52.0 Å². The van der Waals surface area contributed by atoms with Crippen LogP contribution in [0, 0.1) is 11.3 Å². The van der Waals surface area contributed by atoms with Crippen LogP contribution in [0.25, 0.3) is 0 Å². The van der Waals surface area contributed by atoms with Crippen LogP contribution in [0.4, 0.5) is 11.8 Å². The molecule has 0 bridgehead atoms. The van der Waals surface area contributed by atoms with E-state index < -0.39 is 0 Å². The molecule has 0 radical (unpaired) electrons. The SMILES string of the molecule is N#Cc1ccc(CN2CCN(c3ccnc(N4CCCCC4)n3)CC2)cc1. The van der Waals surface area contributed by atoms with E-state index in [4.69, 9.17) is 10.2 Å². The fourth-order valence-electron chi connectivity index (χ4n) is 3.84. The van der Waals surface area contributed by atoms with Gasteiger partial charge >= 0.3 is 0 Å². The van der Waals surface area contributed by atoms with Gasteiger partial charge in [-0.3, -0.25) is 4.90 Å². The zero-order chi connectivity index (χ0) is 18.5. The maximum absolute atomic E-state index is 8.91. The van der Waals surface area contributed by atoms with Crippen molar-refractivity contribution in [3.8, 4) is 6.07 Å². The van der Waals surface area contributed by atoms with Crippen LogP contribution in [0.5, 0.6) is 0 Å². The fourth-order valence-corrected chi connectivity index (χ4v) is 3.84. The van der Waals surface area contributed by atoms with Crippen LogP contribution in [0.3, 0.4) is 0 Å². The molecule has 3 heterocycles. The molecule has 6 nitrogen and oxygen atoms in total. The Hall–Kier alpha value is -2.65. The standard InChI is InChI=1S/C21H26N6/c22-16-18-4-6-19(7-5-18)17-25-12-14-26(15-13-25)20-8-9-23-21(24-20)27-10-2-1-3-11-27/h4-9H,1-3,10-15,17H2. The molecule has 1 aromatic carbocycles. The third-order valence-electron chi connectivity index (χ3n) is 5.45. The van der Waals surface area contributed by atoms with Gasteiger partial charge in [0.25, 0.3) is 0 Å². The van der Waals surface area contributed by atoms with Crippen molar-refractivity contribution in [2.75, 3.05) is 49.1 Å². The number of benzene rings is 1. The smallest absolute Gasteiger partial charge is 0.227 e. The monoisotopic (exact) mass is 362 g/mol. The van der Waals surface area contributed by atoms with Crippen molar-refractivity contribution in [1.82, 2.24) is 14.9 Å². The molecule has 0 amide bonds. The van der Waals surface area contributed by atoms with Crippen molar-refractivity contribution < 1.29 is 0 Å². The maximum atomic E-state index is 8.91. The lowest BCUT2D eigenvalue weighted by molar-refractivity contribution is 0.249. The van der Waals surface area contributed by atoms with E-state index >= 15 is 0 Å². The Morgan fingerprint density at radius 2 is 1.59 bits per heavy atom. The van der Waals surface area contributed by atoms with Crippen molar-refractivity contribution in [2.24, 2.45) is 0 Å². The first-order valence-corrected chi connectivity index (χ1v) is 9.86. The number of aromatic nitrogens is 2. The summed E-state index contributed by atoms with van der Waals surface area (Å²) in [5.41, 5.74) is 1.98. The van der Waals surface area contributed by atoms with E-state index in [1.165, 1.54) is 24.8 Å². The van der Waals surface area contributed by atoms with E-state index in [2.05, 4.69) is 37.9 Å². The summed E-state index contributed by atoms with van der Waals surface area (Å²) in [6.45, 7) is 7.07. The zero-order valence-electron chi connectivity index (χ0n) is 15.7. The average molecular weight is 362 g/mol. The van der Waals surface area contributed by atoms with Gasteiger partial charge in [0.1, 0.15) is 5.82 Å². The van der Waals surface area contributed by atoms with Crippen LogP contribution in [0.1, 0.15) is 30.4 Å². The lowest BCUT2D eigenvalue weighted by Gasteiger charge is -2.36. The minimum Gasteiger partial charge on any atom is -0.354 e. The van der Waals surface area contributed by atoms with Crippen molar-refractivity contribution >= 4 is 11.8 Å². The Balaban J connectivity index is 1.34. The molecule has 2 aliphatic rings. The number of piperazine rings is 1. The molecule has 6 heteroatoms. The summed E-state index contributed by atoms with van der Waals surface area (Å²) in [6.07, 6.45) is 5.69. The second-order valence-corrected chi connectivity index (χ2v) is 7.33. The van der Waals surface area contributed by atoms with E-state index in [1.807, 2.05) is 24.4 Å². The second kappa shape index (κ2) is 8.36. The van der Waals surface area contributed by atoms with Crippen LogP contribution in [0.15, 0.2) is 36.5 Å². The van der Waals surface area contributed by atoms with Gasteiger partial charge in [0.15, 0.2) is 0 Å². The van der Waals surface area contributed by atoms with Gasteiger partial charge in [0.2, 0.25) is 5.95 Å². The zero-order valence-corrected chi connectivity index (χ0v) is 15.7. The van der Waals surface area contributed by atoms with Crippen molar-refractivity contribution in [1.29, 1.82) is 5.26 Å². The molecule has 0 saturated carbocycles. The lowest BCUT2D eigenvalue weighted by Crippen LogP contribution is -2.46. The lowest BCUT2D eigenvalue weighted by atomic mass is 10.1. The molecule has 1 aromatic heterocycles. The third kappa shape index (κ3) is 4.37. The predicted molar refractivity (Wildman–Crippen MR) is 107 cm³/mol. The summed E-state index contributed by atoms with van der Waals surface area (Å²) in [5, 5.41) is 8.91. The number of nitriles is 1. The minimum atomic E-state index is 0.719. The highest BCUT2D eigenvalue weighted by atomic mass is 15.3. The summed E-state index contributed by atoms with van der Waals surface area (Å²) in [4.78, 5) is 16.5. The quantitative estimate of drug-likeness (QED) is 0.833. The van der Waals surface area contributed by atoms with Gasteiger partial charge in [-0.15, -0.1) is 0 Å². The van der Waals surface area contributed by atoms with E-state index in [-0.39, 0.29) is 0 Å². The van der Waals surface area contributed by atoms with Crippen LogP contribution >= 0.6 is 0 Å². The molecule has 0 atom stereocenters. The fraction of sp³-hybridized carbons (Fsp3) is 0.476. The predicted octanol–water partition coefficient (Wildman–Crippen LogP) is 2.66. The molecular weight excluding hydrogens is 336 g/mol. The van der Waals surface area contributed by atoms with Gasteiger partial charge < -0.3 is 9.80 Å². The van der Waals surface area contributed by atoms with Crippen LogP contribution in [-0.2, 0) is 6.54 Å². The number of rotatable bonds is 4. The molecule has 4 rings (SSSR count). The van der Waals surface area contributed by atoms with Crippen molar-refractivity contribution in [3.05, 3.63) is 47.7 Å². The van der Waals surface area contributed by atoms with E-state index in [0.717, 1.165) is 63.1 Å². The highest BCUT2D eigenvalue weighted by molar-refractivity contribution is 5.44. The molecule has 0 N–H and O–H groups in total. The van der Waals surface area contributed by atoms with E-state index in [1.54, 1.807) is 0 Å². The normalized spacial score (nSPS) is 18.3. The first kappa shape index (κ1) is 17.7. The molecule has 0 unspecified atom stereocenters. The molecular formula is C21H26N6. The number of anilines is 2. The summed E-state index contributed by atoms with van der Waals surface area (Å²) in [6, 6.07) is 12.1. The molecule has 2 saturated heterocycles. The number of hydrogen-bond donors (Lipinski definition) is 0. The summed E-state index contributed by atoms with van der Waals surface area (Å²) < 4.78 is 0. The van der Waals surface area contributed by atoms with Crippen LogP contribution in [-0.4, -0.2) is 54.1 Å². The molecule has 0 aliphatic carbocycles. The van der Waals surface area contributed by atoms with Crippen LogP contribution in [0.2, 0.25) is 0 Å². The van der Waals surface area contributed by atoms with Crippen molar-refractivity contribution in [2.45, 2.75) is 25.8 Å². The van der Waals surface area contributed by atoms with Crippen molar-refractivity contribution in [3.63, 3.8) is 0 Å². The van der Waals surface area contributed by atoms with Gasteiger partial charge in [-0.2, -0.15) is 10.2 Å². The number of nitrogens with zero attached hydrogens (tertiary/aromatic N) is 6. The first-order valence-electron chi connectivity index (χ1n) is 9.86. The molecule has 27 heavy (non-hydrogen) atoms. The number of hydrogen-bond acceptors (Lipinski definition) is 6. The van der Waals surface area contributed by atoms with E-state index in [9.17, 15) is 0 Å². The topological polar surface area (TPSA) is 59.3 Å². The Labute approximate surface area is 161 Å². The van der Waals surface area contributed by atoms with Gasteiger partial charge in [-0.25, -0.2) is 4.98 Å². The maximum Gasteiger partial charge on any atom is 0.227 e. The summed E-state index contributed by atoms with van der Waals surface area (Å²) in [7, 11) is 0. The average Bonchev–Trinajstić information content (AvgIpc) is 2.75. The Morgan fingerprint density at radius 3 is 2.30 bits per heavy atom. The van der Waals surface area contributed by atoms with Gasteiger partial charge in [0.05, 0.1) is 11.6 Å². The highest BCUT2D eigenvalue weighted by Crippen LogP contribution is 2.20. The number of piperidine rings is 1. The Kier molecular flexibility index (Phi) is 5.50. The van der Waals surface area contributed by atoms with E-state index in [0.29, 0.717) is 0 Å². The third-order valence-corrected chi connectivity index (χ3v) is 5.45. The Bertz CT molecular complexity index is 783. The van der Waals surface area contributed by atoms with Crippen LogP contribution < -0.4 is 9.80 Å². The molecule has 2 aromatic rings. The summed E-state index contributed by atoms with van der Waals surface area (Å²) >= 11 is 0. The Morgan fingerprint density at radius 1 is 0.852 bits per heavy atom. The summed E-state index contributed by atoms with van der Waals surface area (Å²) in [5.74, 6) is 1.93. The molecule has 0 spiro atoms. The second-order valence-electron chi connectivity index (χ2n) is 7.33. The van der Waals surface area contributed by atoms with Gasteiger partial charge in [-0.1, -0.05) is 12.1 Å².